The lowest BCUT2D eigenvalue weighted by Gasteiger charge is -2.46. The Bertz CT molecular complexity index is 3200. The summed E-state index contributed by atoms with van der Waals surface area (Å²) >= 11 is 0. The van der Waals surface area contributed by atoms with E-state index in [4.69, 9.17) is 10.3 Å². The fraction of sp³-hybridized carbons (Fsp3) is 0.176. The molecule has 33 heteroatoms. The van der Waals surface area contributed by atoms with Crippen molar-refractivity contribution in [2.75, 3.05) is 0 Å². The number of aromatic nitrogens is 2. The summed E-state index contributed by atoms with van der Waals surface area (Å²) in [6.45, 7) is 0.0686. The van der Waals surface area contributed by atoms with Crippen LogP contribution in [0.1, 0.15) is 65.4 Å². The van der Waals surface area contributed by atoms with Gasteiger partial charge in [0.2, 0.25) is 24.2 Å². The van der Waals surface area contributed by atoms with Gasteiger partial charge in [0.15, 0.2) is 6.20 Å². The number of hydrogen-bond donors (Lipinski definition) is 0. The molecule has 84 heavy (non-hydrogen) atoms. The minimum absolute atomic E-state index is 0.0487. The molecule has 0 radical (unpaired) electrons. The lowest BCUT2D eigenvalue weighted by atomic mass is 9.12. The van der Waals surface area contributed by atoms with Crippen molar-refractivity contribution in [3.8, 4) is 5.75 Å². The smallest absolute Gasteiger partial charge is 0.416 e. The highest BCUT2D eigenvalue weighted by Gasteiger charge is 2.47. The lowest BCUT2D eigenvalue weighted by molar-refractivity contribution is -0.683. The van der Waals surface area contributed by atoms with Crippen molar-refractivity contribution in [1.29, 1.82) is 0 Å². The zero-order valence-corrected chi connectivity index (χ0v) is 40.7. The summed E-state index contributed by atoms with van der Waals surface area (Å²) in [4.78, 5) is 31.3. The average molecular weight is 1220 g/mol. The molecule has 1 heterocycles. The van der Waals surface area contributed by atoms with Crippen LogP contribution in [-0.4, -0.2) is 22.9 Å². The van der Waals surface area contributed by atoms with Gasteiger partial charge in [-0.2, -0.15) is 132 Å². The Morgan fingerprint density at radius 1 is 0.464 bits per heavy atom. The van der Waals surface area contributed by atoms with Gasteiger partial charge in [-0.05, 0) is 41.9 Å². The van der Waals surface area contributed by atoms with E-state index in [1.807, 2.05) is 6.07 Å². The number of nitrogens with zero attached hydrogens (tertiary/aromatic N) is 5. The van der Waals surface area contributed by atoms with Gasteiger partial charge in [0.25, 0.3) is 0 Å². The predicted octanol–water partition coefficient (Wildman–Crippen LogP) is 14.6. The molecule has 0 unspecified atom stereocenters. The van der Waals surface area contributed by atoms with Crippen LogP contribution in [0.2, 0.25) is 0 Å². The van der Waals surface area contributed by atoms with E-state index in [-0.39, 0.29) is 23.8 Å². The Kier molecular flexibility index (Phi) is 17.7. The van der Waals surface area contributed by atoms with Crippen LogP contribution in [0.5, 0.6) is 5.75 Å². The zero-order chi connectivity index (χ0) is 63.0. The van der Waals surface area contributed by atoms with E-state index in [0.29, 0.717) is 11.3 Å². The molecule has 0 saturated carbocycles. The number of carbonyl (C=O) groups is 2. The van der Waals surface area contributed by atoms with Crippen molar-refractivity contribution < 1.29 is 124 Å². The first-order valence-corrected chi connectivity index (χ1v) is 22.6. The maximum atomic E-state index is 14.2. The van der Waals surface area contributed by atoms with Crippen molar-refractivity contribution in [2.45, 2.75) is 56.0 Å². The molecule has 0 aliphatic rings. The molecule has 0 saturated heterocycles. The molecule has 7 rings (SSSR count). The molecule has 0 N–H and O–H groups in total. The van der Waals surface area contributed by atoms with Gasteiger partial charge in [-0.1, -0.05) is 96.1 Å². The molecular weight excluding hydrogens is 1200 g/mol. The first-order chi connectivity index (χ1) is 38.4. The second-order valence-electron chi connectivity index (χ2n) is 17.7. The molecule has 7 aromatic rings. The maximum Gasteiger partial charge on any atom is 0.416 e. The van der Waals surface area contributed by atoms with Gasteiger partial charge in [-0.25, -0.2) is 9.78 Å². The predicted molar refractivity (Wildman–Crippen MR) is 245 cm³/mol. The van der Waals surface area contributed by atoms with Crippen LogP contribution in [0.4, 0.5) is 111 Å². The third-order valence-electron chi connectivity index (χ3n) is 12.0. The van der Waals surface area contributed by atoms with E-state index in [1.165, 1.54) is 18.5 Å². The maximum absolute atomic E-state index is 14.2. The van der Waals surface area contributed by atoms with E-state index in [0.717, 1.165) is 0 Å². The number of benzene rings is 6. The normalized spacial score (nSPS) is 12.9. The van der Waals surface area contributed by atoms with Crippen LogP contribution in [0.3, 0.4) is 0 Å². The average Bonchev–Trinajstić information content (AvgIpc) is 0.816. The lowest BCUT2D eigenvalue weighted by Crippen LogP contribution is -2.75. The molecule has 0 fully saturated rings. The van der Waals surface area contributed by atoms with Crippen LogP contribution in [0, 0.1) is 0 Å². The van der Waals surface area contributed by atoms with E-state index < -0.39 is 201 Å². The molecule has 1 aromatic heterocycles. The minimum Gasteiger partial charge on any atom is -0.422 e. The molecule has 8 nitrogen and oxygen atoms in total. The van der Waals surface area contributed by atoms with Gasteiger partial charge in [-0.3, -0.25) is 4.79 Å². The Labute approximate surface area is 453 Å². The van der Waals surface area contributed by atoms with Gasteiger partial charge in [0.05, 0.1) is 50.7 Å². The van der Waals surface area contributed by atoms with E-state index in [9.17, 15) is 115 Å². The highest BCUT2D eigenvalue weighted by atomic mass is 19.4. The number of Topliss-reactive ketones (excluding diaryl/α,β-unsaturated/α-hetero) is 1. The van der Waals surface area contributed by atoms with Crippen LogP contribution >= 0.6 is 0 Å². The Balaban J connectivity index is 0.000000347. The number of ether oxygens (including phenoxy) is 1. The van der Waals surface area contributed by atoms with Crippen LogP contribution in [0.25, 0.3) is 10.4 Å². The molecule has 0 amide bonds. The van der Waals surface area contributed by atoms with Gasteiger partial charge in [0, 0.05) is 16.2 Å². The second kappa shape index (κ2) is 23.1. The topological polar surface area (TPSA) is 109 Å². The molecule has 0 aliphatic heterocycles. The van der Waals surface area contributed by atoms with Gasteiger partial charge in [0.1, 0.15) is 11.9 Å². The number of halogens is 24. The van der Waals surface area contributed by atoms with Crippen molar-refractivity contribution in [3.05, 3.63) is 212 Å². The second-order valence-corrected chi connectivity index (χ2v) is 17.7. The summed E-state index contributed by atoms with van der Waals surface area (Å²) in [5, 5.41) is 3.45. The monoisotopic (exact) mass is 1220 g/mol. The van der Waals surface area contributed by atoms with Crippen LogP contribution in [-0.2, 0) is 56.0 Å². The summed E-state index contributed by atoms with van der Waals surface area (Å²) in [5.41, 5.74) is -20.8. The number of rotatable bonds is 10. The fourth-order valence-corrected chi connectivity index (χ4v) is 8.41. The Hall–Kier alpha value is -8.77. The van der Waals surface area contributed by atoms with Gasteiger partial charge >= 0.3 is 55.4 Å². The van der Waals surface area contributed by atoms with Crippen LogP contribution < -0.4 is 31.2 Å². The summed E-state index contributed by atoms with van der Waals surface area (Å²) in [6.07, 6.45) is -50.3. The van der Waals surface area contributed by atoms with Crippen LogP contribution in [0.15, 0.2) is 151 Å². The van der Waals surface area contributed by atoms with Crippen molar-refractivity contribution >= 4 is 45.4 Å². The number of carbonyl (C=O) groups excluding carboxylic acids is 2. The van der Waals surface area contributed by atoms with E-state index in [2.05, 4.69) is 15.0 Å². The molecular formula is C51H26BF24N5O3. The quantitative estimate of drug-likeness (QED) is 0.0156. The molecule has 0 spiro atoms. The van der Waals surface area contributed by atoms with E-state index >= 15 is 0 Å². The highest BCUT2D eigenvalue weighted by molar-refractivity contribution is 7.20. The number of esters is 1. The van der Waals surface area contributed by atoms with Crippen molar-refractivity contribution in [1.82, 2.24) is 4.98 Å². The summed E-state index contributed by atoms with van der Waals surface area (Å²) < 4.78 is 348. The van der Waals surface area contributed by atoms with Gasteiger partial charge < -0.3 is 4.74 Å². The van der Waals surface area contributed by atoms with Crippen molar-refractivity contribution in [3.63, 3.8) is 0 Å². The molecule has 0 atom stereocenters. The molecule has 6 aromatic carbocycles. The van der Waals surface area contributed by atoms with E-state index in [1.54, 1.807) is 53.2 Å². The standard InChI is InChI=1S/C32H12BF24.C19H14N5O3/c34-25(35,36)13-1-14(26(37,38)39)6-21(5-13)33(22-7-15(27(40,41)42)2-16(8-22)28(43,44)45,23-9-17(29(46,47)48)3-18(10-23)30(49,50)51)24-11-19(31(52,53)54)4-20(12-24)32(55,56)57;20-23-22-15-7-4-8-16(11-15)27-19(26)17-12-24(10-9-21-17)13-18(25)14-5-2-1-3-6-14/h1-12H;1-12H,13H2/q-1;+1. The number of ketones is 1. The Morgan fingerprint density at radius 3 is 1.11 bits per heavy atom. The first-order valence-electron chi connectivity index (χ1n) is 22.6. The summed E-state index contributed by atoms with van der Waals surface area (Å²) in [7, 11) is 0. The zero-order valence-electron chi connectivity index (χ0n) is 40.7. The summed E-state index contributed by atoms with van der Waals surface area (Å²) in [6, 6.07) is 6.25. The number of azide groups is 1. The first kappa shape index (κ1) is 64.4. The fourth-order valence-electron chi connectivity index (χ4n) is 8.41. The largest absolute Gasteiger partial charge is 0.422 e. The Morgan fingerprint density at radius 2 is 0.798 bits per heavy atom. The highest BCUT2D eigenvalue weighted by Crippen LogP contribution is 2.41. The molecule has 444 valence electrons. The number of alkyl halides is 24. The molecule has 0 bridgehead atoms. The minimum atomic E-state index is -6.13. The third-order valence-corrected chi connectivity index (χ3v) is 12.0. The SMILES string of the molecule is FC(F)(F)c1cc([B-](c2cc(C(F)(F)F)cc(C(F)(F)F)c2)(c2cc(C(F)(F)F)cc(C(F)(F)F)c2)c2cc(C(F)(F)F)cc(C(F)(F)F)c2)cc(C(F)(F)F)c1.[N-]=[N+]=Nc1cccc(OC(=O)c2c[n+](CC(=O)c3ccccc3)ccn2)c1. The van der Waals surface area contributed by atoms with Gasteiger partial charge in [-0.15, -0.1) is 0 Å². The van der Waals surface area contributed by atoms with Crippen molar-refractivity contribution in [2.24, 2.45) is 5.11 Å². The molecule has 0 aliphatic carbocycles. The third kappa shape index (κ3) is 15.3. The summed E-state index contributed by atoms with van der Waals surface area (Å²) in [5.74, 6) is -0.551. The number of hydrogen-bond acceptors (Lipinski definition) is 5.